The van der Waals surface area contributed by atoms with Gasteiger partial charge in [-0.2, -0.15) is 0 Å². The van der Waals surface area contributed by atoms with Gasteiger partial charge in [-0.1, -0.05) is 47.7 Å². The monoisotopic (exact) mass is 404 g/mol. The first kappa shape index (κ1) is 18.8. The second-order valence-corrected chi connectivity index (χ2v) is 7.32. The van der Waals surface area contributed by atoms with Gasteiger partial charge in [0, 0.05) is 6.08 Å². The number of fused-ring (bicyclic) bond motifs is 1. The number of anilines is 1. The average Bonchev–Trinajstić information content (AvgIpc) is 3.15. The summed E-state index contributed by atoms with van der Waals surface area (Å²) in [6.45, 7) is 0.361. The van der Waals surface area contributed by atoms with Gasteiger partial charge >= 0.3 is 0 Å². The summed E-state index contributed by atoms with van der Waals surface area (Å²) in [5, 5.41) is 3.36. The maximum absolute atomic E-state index is 12.9. The van der Waals surface area contributed by atoms with Crippen molar-refractivity contribution >= 4 is 38.7 Å². The Hall–Kier alpha value is -3.51. The SMILES string of the molecule is O=C(/C=C/c1ccc(OCc2ccc(F)cc2)cc1)Nc1nc2ccccc2s1. The predicted octanol–water partition coefficient (Wildman–Crippen LogP) is 5.67. The lowest BCUT2D eigenvalue weighted by molar-refractivity contribution is -0.111. The molecule has 0 aliphatic carbocycles. The van der Waals surface area contributed by atoms with Crippen LogP contribution in [-0.2, 0) is 11.4 Å². The Morgan fingerprint density at radius 3 is 2.55 bits per heavy atom. The minimum atomic E-state index is -0.267. The van der Waals surface area contributed by atoms with E-state index in [1.165, 1.54) is 29.5 Å². The van der Waals surface area contributed by atoms with Crippen LogP contribution >= 0.6 is 11.3 Å². The van der Waals surface area contributed by atoms with Crippen molar-refractivity contribution in [3.8, 4) is 5.75 Å². The fraction of sp³-hybridized carbons (Fsp3) is 0.0435. The van der Waals surface area contributed by atoms with Crippen molar-refractivity contribution in [2.75, 3.05) is 5.32 Å². The number of para-hydroxylation sites is 1. The van der Waals surface area contributed by atoms with Gasteiger partial charge in [0.05, 0.1) is 10.2 Å². The molecule has 144 valence electrons. The number of ether oxygens (including phenoxy) is 1. The molecule has 1 aromatic heterocycles. The highest BCUT2D eigenvalue weighted by atomic mass is 32.1. The molecular weight excluding hydrogens is 387 g/mol. The van der Waals surface area contributed by atoms with E-state index in [0.717, 1.165) is 21.3 Å². The van der Waals surface area contributed by atoms with Crippen LogP contribution < -0.4 is 10.1 Å². The van der Waals surface area contributed by atoms with Crippen molar-refractivity contribution in [3.63, 3.8) is 0 Å². The first-order chi connectivity index (χ1) is 14.2. The van der Waals surface area contributed by atoms with Gasteiger partial charge in [-0.25, -0.2) is 9.37 Å². The molecule has 1 N–H and O–H groups in total. The molecule has 1 heterocycles. The molecule has 0 unspecified atom stereocenters. The molecule has 0 spiro atoms. The zero-order chi connectivity index (χ0) is 20.1. The fourth-order valence-corrected chi connectivity index (χ4v) is 3.54. The number of benzene rings is 3. The smallest absolute Gasteiger partial charge is 0.250 e. The molecule has 29 heavy (non-hydrogen) atoms. The highest BCUT2D eigenvalue weighted by molar-refractivity contribution is 7.22. The molecular formula is C23H17FN2O2S. The van der Waals surface area contributed by atoms with Crippen LogP contribution in [0, 0.1) is 5.82 Å². The van der Waals surface area contributed by atoms with Gasteiger partial charge in [0.1, 0.15) is 18.2 Å². The number of rotatable bonds is 6. The number of hydrogen-bond acceptors (Lipinski definition) is 4. The summed E-state index contributed by atoms with van der Waals surface area (Å²) in [5.41, 5.74) is 2.63. The Morgan fingerprint density at radius 1 is 1.03 bits per heavy atom. The third-order valence-corrected chi connectivity index (χ3v) is 5.10. The molecule has 1 amide bonds. The van der Waals surface area contributed by atoms with Gasteiger partial charge < -0.3 is 4.74 Å². The minimum absolute atomic E-state index is 0.235. The highest BCUT2D eigenvalue weighted by Gasteiger charge is 2.05. The number of halogens is 1. The van der Waals surface area contributed by atoms with E-state index in [4.69, 9.17) is 4.74 Å². The molecule has 4 rings (SSSR count). The number of carbonyl (C=O) groups is 1. The molecule has 6 heteroatoms. The number of nitrogens with one attached hydrogen (secondary N) is 1. The molecule has 0 fully saturated rings. The van der Waals surface area contributed by atoms with Crippen molar-refractivity contribution in [1.82, 2.24) is 4.98 Å². The molecule has 4 aromatic rings. The van der Waals surface area contributed by atoms with Gasteiger partial charge in [0.15, 0.2) is 5.13 Å². The van der Waals surface area contributed by atoms with Crippen LogP contribution in [0.25, 0.3) is 16.3 Å². The summed E-state index contributed by atoms with van der Waals surface area (Å²) in [6, 6.07) is 21.3. The average molecular weight is 404 g/mol. The normalized spacial score (nSPS) is 11.1. The summed E-state index contributed by atoms with van der Waals surface area (Å²) in [4.78, 5) is 16.5. The van der Waals surface area contributed by atoms with E-state index < -0.39 is 0 Å². The summed E-state index contributed by atoms with van der Waals surface area (Å²) < 4.78 is 19.6. The van der Waals surface area contributed by atoms with Crippen LogP contribution in [0.4, 0.5) is 9.52 Å². The lowest BCUT2D eigenvalue weighted by atomic mass is 10.2. The Labute approximate surface area is 171 Å². The Balaban J connectivity index is 1.32. The van der Waals surface area contributed by atoms with Crippen molar-refractivity contribution in [2.45, 2.75) is 6.61 Å². The summed E-state index contributed by atoms with van der Waals surface area (Å²) in [6.07, 6.45) is 3.20. The number of thiazole rings is 1. The topological polar surface area (TPSA) is 51.2 Å². The molecule has 0 radical (unpaired) electrons. The van der Waals surface area contributed by atoms with Gasteiger partial charge in [0.2, 0.25) is 5.91 Å². The Bertz CT molecular complexity index is 1120. The van der Waals surface area contributed by atoms with Crippen molar-refractivity contribution < 1.29 is 13.9 Å². The van der Waals surface area contributed by atoms with Crippen LogP contribution in [-0.4, -0.2) is 10.9 Å². The van der Waals surface area contributed by atoms with Crippen LogP contribution in [0.3, 0.4) is 0 Å². The van der Waals surface area contributed by atoms with E-state index in [2.05, 4.69) is 10.3 Å². The number of nitrogens with zero attached hydrogens (tertiary/aromatic N) is 1. The van der Waals surface area contributed by atoms with Crippen LogP contribution in [0.1, 0.15) is 11.1 Å². The molecule has 0 aliphatic rings. The maximum Gasteiger partial charge on any atom is 0.250 e. The van der Waals surface area contributed by atoms with Crippen LogP contribution in [0.15, 0.2) is 78.9 Å². The summed E-state index contributed by atoms with van der Waals surface area (Å²) >= 11 is 1.44. The van der Waals surface area contributed by atoms with E-state index >= 15 is 0 Å². The molecule has 0 saturated carbocycles. The summed E-state index contributed by atoms with van der Waals surface area (Å²) in [5.74, 6) is 0.197. The van der Waals surface area contributed by atoms with Gasteiger partial charge in [-0.15, -0.1) is 0 Å². The van der Waals surface area contributed by atoms with Gasteiger partial charge in [0.25, 0.3) is 0 Å². The zero-order valence-corrected chi connectivity index (χ0v) is 16.2. The molecule has 3 aromatic carbocycles. The third kappa shape index (κ3) is 5.06. The van der Waals surface area contributed by atoms with E-state index in [1.54, 1.807) is 18.2 Å². The Kier molecular flexibility index (Phi) is 5.63. The standard InChI is InChI=1S/C23H17FN2O2S/c24-18-10-5-17(6-11-18)15-28-19-12-7-16(8-13-19)9-14-22(27)26-23-25-20-3-1-2-4-21(20)29-23/h1-14H,15H2,(H,25,26,27)/b14-9+. The molecule has 0 bridgehead atoms. The second kappa shape index (κ2) is 8.67. The van der Waals surface area contributed by atoms with Crippen molar-refractivity contribution in [3.05, 3.63) is 95.8 Å². The molecule has 0 aliphatic heterocycles. The molecule has 4 nitrogen and oxygen atoms in total. The summed E-state index contributed by atoms with van der Waals surface area (Å²) in [7, 11) is 0. The number of hydrogen-bond donors (Lipinski definition) is 1. The van der Waals surface area contributed by atoms with E-state index in [0.29, 0.717) is 17.5 Å². The van der Waals surface area contributed by atoms with E-state index in [9.17, 15) is 9.18 Å². The zero-order valence-electron chi connectivity index (χ0n) is 15.3. The largest absolute Gasteiger partial charge is 0.489 e. The van der Waals surface area contributed by atoms with E-state index in [-0.39, 0.29) is 11.7 Å². The first-order valence-electron chi connectivity index (χ1n) is 8.98. The van der Waals surface area contributed by atoms with Crippen LogP contribution in [0.2, 0.25) is 0 Å². The lowest BCUT2D eigenvalue weighted by Crippen LogP contribution is -2.07. The lowest BCUT2D eigenvalue weighted by Gasteiger charge is -2.06. The first-order valence-corrected chi connectivity index (χ1v) is 9.79. The molecule has 0 saturated heterocycles. The van der Waals surface area contributed by atoms with Crippen LogP contribution in [0.5, 0.6) is 5.75 Å². The van der Waals surface area contributed by atoms with Crippen molar-refractivity contribution in [1.29, 1.82) is 0 Å². The predicted molar refractivity (Wildman–Crippen MR) is 114 cm³/mol. The number of amides is 1. The number of carbonyl (C=O) groups excluding carboxylic acids is 1. The van der Waals surface area contributed by atoms with E-state index in [1.807, 2.05) is 48.5 Å². The maximum atomic E-state index is 12.9. The number of aromatic nitrogens is 1. The van der Waals surface area contributed by atoms with Gasteiger partial charge in [-0.05, 0) is 53.6 Å². The quantitative estimate of drug-likeness (QED) is 0.422. The third-order valence-electron chi connectivity index (χ3n) is 4.15. The second-order valence-electron chi connectivity index (χ2n) is 6.29. The Morgan fingerprint density at radius 2 is 1.79 bits per heavy atom. The molecule has 0 atom stereocenters. The highest BCUT2D eigenvalue weighted by Crippen LogP contribution is 2.25. The van der Waals surface area contributed by atoms with Crippen molar-refractivity contribution in [2.24, 2.45) is 0 Å². The fourth-order valence-electron chi connectivity index (χ4n) is 2.67. The van der Waals surface area contributed by atoms with Gasteiger partial charge in [-0.3, -0.25) is 10.1 Å². The minimum Gasteiger partial charge on any atom is -0.489 e.